The molecule has 1 N–H and O–H groups in total. The van der Waals surface area contributed by atoms with E-state index in [9.17, 15) is 4.57 Å². The van der Waals surface area contributed by atoms with E-state index in [1.807, 2.05) is 44.2 Å². The number of hydrogen-bond donors (Lipinski definition) is 1. The summed E-state index contributed by atoms with van der Waals surface area (Å²) in [7, 11) is -2.87. The second-order valence-corrected chi connectivity index (χ2v) is 4.95. The van der Waals surface area contributed by atoms with Gasteiger partial charge in [-0.2, -0.15) is 0 Å². The van der Waals surface area contributed by atoms with E-state index in [0.717, 1.165) is 5.69 Å². The average molecular weight is 225 g/mol. The first-order chi connectivity index (χ1) is 7.20. The van der Waals surface area contributed by atoms with Gasteiger partial charge < -0.3 is 9.61 Å². The highest BCUT2D eigenvalue weighted by Crippen LogP contribution is 2.47. The van der Waals surface area contributed by atoms with Gasteiger partial charge in [-0.15, -0.1) is 0 Å². The summed E-state index contributed by atoms with van der Waals surface area (Å²) in [5, 5.41) is 2.90. The monoisotopic (exact) mass is 225 g/mol. The van der Waals surface area contributed by atoms with Gasteiger partial charge in [-0.3, -0.25) is 4.57 Å². The van der Waals surface area contributed by atoms with Crippen LogP contribution in [0.5, 0.6) is 0 Å². The van der Waals surface area contributed by atoms with Crippen molar-refractivity contribution in [3.63, 3.8) is 0 Å². The number of allylic oxidation sites excluding steroid dienone is 1. The van der Waals surface area contributed by atoms with Gasteiger partial charge in [-0.05, 0) is 26.0 Å². The molecule has 0 aliphatic carbocycles. The van der Waals surface area contributed by atoms with E-state index >= 15 is 0 Å². The normalized spacial score (nSPS) is 15.1. The SMILES string of the molecule is C/C=C\P(=O)(Nc1ccccc1)OCC. The molecule has 1 aromatic rings. The molecule has 0 heterocycles. The predicted molar refractivity (Wildman–Crippen MR) is 64.1 cm³/mol. The van der Waals surface area contributed by atoms with Gasteiger partial charge in [0.2, 0.25) is 0 Å². The Labute approximate surface area is 90.7 Å². The number of benzene rings is 1. The molecule has 0 amide bonds. The third-order valence-corrected chi connectivity index (χ3v) is 3.63. The molecule has 3 nitrogen and oxygen atoms in total. The summed E-state index contributed by atoms with van der Waals surface area (Å²) in [5.41, 5.74) is 0.799. The highest BCUT2D eigenvalue weighted by molar-refractivity contribution is 7.63. The molecule has 1 unspecified atom stereocenters. The average Bonchev–Trinajstić information content (AvgIpc) is 2.19. The summed E-state index contributed by atoms with van der Waals surface area (Å²) in [5.74, 6) is 1.57. The third kappa shape index (κ3) is 3.90. The zero-order valence-corrected chi connectivity index (χ0v) is 9.91. The van der Waals surface area contributed by atoms with Crippen LogP contribution in [-0.2, 0) is 9.09 Å². The van der Waals surface area contributed by atoms with Crippen molar-refractivity contribution in [2.45, 2.75) is 13.8 Å². The van der Waals surface area contributed by atoms with Gasteiger partial charge >= 0.3 is 7.52 Å². The second kappa shape index (κ2) is 5.74. The van der Waals surface area contributed by atoms with E-state index < -0.39 is 7.52 Å². The Hall–Kier alpha value is -1.05. The molecule has 1 aromatic carbocycles. The molecular formula is C11H16NO2P. The molecule has 1 rings (SSSR count). The van der Waals surface area contributed by atoms with Crippen molar-refractivity contribution in [1.82, 2.24) is 0 Å². The van der Waals surface area contributed by atoms with Crippen LogP contribution in [0.25, 0.3) is 0 Å². The van der Waals surface area contributed by atoms with Crippen molar-refractivity contribution in [2.75, 3.05) is 11.7 Å². The van der Waals surface area contributed by atoms with Crippen molar-refractivity contribution >= 4 is 13.2 Å². The smallest absolute Gasteiger partial charge is 0.312 e. The van der Waals surface area contributed by atoms with E-state index in [-0.39, 0.29) is 0 Å². The molecule has 4 heteroatoms. The fraction of sp³-hybridized carbons (Fsp3) is 0.273. The summed E-state index contributed by atoms with van der Waals surface area (Å²) < 4.78 is 17.4. The summed E-state index contributed by atoms with van der Waals surface area (Å²) >= 11 is 0. The molecule has 0 aliphatic rings. The highest BCUT2D eigenvalue weighted by Gasteiger charge is 2.17. The molecule has 15 heavy (non-hydrogen) atoms. The van der Waals surface area contributed by atoms with Crippen molar-refractivity contribution in [2.24, 2.45) is 0 Å². The minimum atomic E-state index is -2.87. The van der Waals surface area contributed by atoms with E-state index in [4.69, 9.17) is 4.52 Å². The zero-order valence-electron chi connectivity index (χ0n) is 9.01. The van der Waals surface area contributed by atoms with Crippen molar-refractivity contribution < 1.29 is 9.09 Å². The van der Waals surface area contributed by atoms with Gasteiger partial charge in [0.1, 0.15) is 0 Å². The molecule has 82 valence electrons. The summed E-state index contributed by atoms with van der Waals surface area (Å²) in [6.45, 7) is 4.06. The number of nitrogens with one attached hydrogen (secondary N) is 1. The van der Waals surface area contributed by atoms with Crippen LogP contribution < -0.4 is 5.09 Å². The Morgan fingerprint density at radius 3 is 2.60 bits per heavy atom. The molecule has 0 saturated carbocycles. The van der Waals surface area contributed by atoms with Gasteiger partial charge in [0.25, 0.3) is 0 Å². The first kappa shape index (κ1) is 12.0. The molecule has 0 spiro atoms. The standard InChI is InChI=1S/C11H16NO2P/c1-3-10-15(13,14-4-2)12-11-8-6-5-7-9-11/h3,5-10H,4H2,1-2H3,(H,12,13)/b10-3-. The lowest BCUT2D eigenvalue weighted by Gasteiger charge is -2.16. The Balaban J connectivity index is 2.80. The topological polar surface area (TPSA) is 38.3 Å². The third-order valence-electron chi connectivity index (χ3n) is 1.72. The summed E-state index contributed by atoms with van der Waals surface area (Å²) in [4.78, 5) is 0. The predicted octanol–water partition coefficient (Wildman–Crippen LogP) is 3.86. The van der Waals surface area contributed by atoms with E-state index in [1.54, 1.807) is 11.9 Å². The maximum Gasteiger partial charge on any atom is 0.316 e. The molecule has 1 atom stereocenters. The van der Waals surface area contributed by atoms with E-state index in [1.165, 1.54) is 0 Å². The van der Waals surface area contributed by atoms with Gasteiger partial charge in [-0.25, -0.2) is 0 Å². The molecule has 0 bridgehead atoms. The van der Waals surface area contributed by atoms with Crippen LogP contribution in [0.2, 0.25) is 0 Å². The van der Waals surface area contributed by atoms with Crippen LogP contribution in [0.1, 0.15) is 13.8 Å². The maximum absolute atomic E-state index is 12.2. The molecular weight excluding hydrogens is 209 g/mol. The second-order valence-electron chi connectivity index (χ2n) is 2.98. The minimum Gasteiger partial charge on any atom is -0.312 e. The molecule has 0 radical (unpaired) electrons. The van der Waals surface area contributed by atoms with E-state index in [2.05, 4.69) is 5.09 Å². The van der Waals surface area contributed by atoms with Crippen molar-refractivity contribution in [3.8, 4) is 0 Å². The first-order valence-electron chi connectivity index (χ1n) is 4.91. The number of anilines is 1. The first-order valence-corrected chi connectivity index (χ1v) is 6.61. The Bertz CT molecular complexity index is 362. The number of rotatable bonds is 5. The lowest BCUT2D eigenvalue weighted by atomic mass is 10.3. The van der Waals surface area contributed by atoms with Crippen LogP contribution in [0.4, 0.5) is 5.69 Å². The van der Waals surface area contributed by atoms with Crippen molar-refractivity contribution in [3.05, 3.63) is 42.2 Å². The zero-order chi connectivity index (χ0) is 11.1. The fourth-order valence-corrected chi connectivity index (χ4v) is 2.70. The van der Waals surface area contributed by atoms with Gasteiger partial charge in [0, 0.05) is 11.5 Å². The molecule has 0 aliphatic heterocycles. The highest BCUT2D eigenvalue weighted by atomic mass is 31.2. The molecule has 0 saturated heterocycles. The Morgan fingerprint density at radius 2 is 2.07 bits per heavy atom. The lowest BCUT2D eigenvalue weighted by molar-refractivity contribution is 0.343. The van der Waals surface area contributed by atoms with Crippen LogP contribution in [-0.4, -0.2) is 6.61 Å². The number of para-hydroxylation sites is 1. The summed E-state index contributed by atoms with van der Waals surface area (Å²) in [6.07, 6.45) is 1.73. The van der Waals surface area contributed by atoms with E-state index in [0.29, 0.717) is 6.61 Å². The number of hydrogen-bond acceptors (Lipinski definition) is 2. The van der Waals surface area contributed by atoms with Gasteiger partial charge in [0.15, 0.2) is 0 Å². The lowest BCUT2D eigenvalue weighted by Crippen LogP contribution is -1.98. The molecule has 0 fully saturated rings. The van der Waals surface area contributed by atoms with Crippen LogP contribution in [0.15, 0.2) is 42.2 Å². The fourth-order valence-electron chi connectivity index (χ4n) is 1.19. The Kier molecular flexibility index (Phi) is 4.60. The quantitative estimate of drug-likeness (QED) is 0.773. The molecule has 0 aromatic heterocycles. The van der Waals surface area contributed by atoms with Crippen LogP contribution in [0, 0.1) is 0 Å². The summed E-state index contributed by atoms with van der Waals surface area (Å²) in [6, 6.07) is 9.39. The van der Waals surface area contributed by atoms with Gasteiger partial charge in [-0.1, -0.05) is 24.3 Å². The maximum atomic E-state index is 12.2. The van der Waals surface area contributed by atoms with Crippen LogP contribution >= 0.6 is 7.52 Å². The Morgan fingerprint density at radius 1 is 1.40 bits per heavy atom. The van der Waals surface area contributed by atoms with Gasteiger partial charge in [0.05, 0.1) is 6.61 Å². The van der Waals surface area contributed by atoms with Crippen LogP contribution in [0.3, 0.4) is 0 Å². The largest absolute Gasteiger partial charge is 0.316 e. The minimum absolute atomic E-state index is 0.418. The van der Waals surface area contributed by atoms with Crippen molar-refractivity contribution in [1.29, 1.82) is 0 Å².